The topological polar surface area (TPSA) is 75.7 Å². The average molecular weight is 442 g/mol. The number of ether oxygens (including phenoxy) is 1. The van der Waals surface area contributed by atoms with Crippen LogP contribution in [0.1, 0.15) is 29.8 Å². The van der Waals surface area contributed by atoms with Gasteiger partial charge in [-0.2, -0.15) is 13.2 Å². The molecule has 0 aliphatic carbocycles. The van der Waals surface area contributed by atoms with Crippen LogP contribution in [0, 0.1) is 0 Å². The number of carbonyl (C=O) groups is 1. The molecule has 1 saturated heterocycles. The van der Waals surface area contributed by atoms with Crippen molar-refractivity contribution >= 4 is 21.6 Å². The molecule has 0 spiro atoms. The van der Waals surface area contributed by atoms with Gasteiger partial charge in [-0.3, -0.25) is 9.52 Å². The van der Waals surface area contributed by atoms with Gasteiger partial charge in [-0.1, -0.05) is 18.2 Å². The van der Waals surface area contributed by atoms with Crippen LogP contribution in [0.2, 0.25) is 0 Å². The number of sulfonamides is 1. The molecule has 0 radical (unpaired) electrons. The lowest BCUT2D eigenvalue weighted by atomic mass is 10.1. The number of halogens is 3. The van der Waals surface area contributed by atoms with Crippen LogP contribution in [0.25, 0.3) is 0 Å². The number of nitrogens with zero attached hydrogens (tertiary/aromatic N) is 1. The Bertz CT molecular complexity index is 1030. The van der Waals surface area contributed by atoms with Crippen LogP contribution in [0.15, 0.2) is 53.4 Å². The largest absolute Gasteiger partial charge is 0.416 e. The standard InChI is InChI=1S/C20H21F3N2O4S/c1-13-11-25(12-14(2)29-13)19(26)17-8-3-4-9-18(17)24-30(27,28)16-7-5-6-15(10-16)20(21,22)23/h3-10,13-14,24H,11-12H2,1-2H3/t13-,14-/m1/s1. The number of carbonyl (C=O) groups excluding carboxylic acids is 1. The van der Waals surface area contributed by atoms with Crippen LogP contribution in [0.5, 0.6) is 0 Å². The zero-order chi connectivity index (χ0) is 22.1. The van der Waals surface area contributed by atoms with E-state index in [1.807, 2.05) is 13.8 Å². The van der Waals surface area contributed by atoms with Crippen LogP contribution in [-0.2, 0) is 20.9 Å². The normalized spacial score (nSPS) is 20.1. The van der Waals surface area contributed by atoms with Gasteiger partial charge in [-0.25, -0.2) is 8.42 Å². The highest BCUT2D eigenvalue weighted by molar-refractivity contribution is 7.92. The molecule has 1 fully saturated rings. The molecule has 3 rings (SSSR count). The number of morpholine rings is 1. The van der Waals surface area contributed by atoms with Gasteiger partial charge < -0.3 is 9.64 Å². The first kappa shape index (κ1) is 22.1. The summed E-state index contributed by atoms with van der Waals surface area (Å²) in [6.07, 6.45) is -5.03. The minimum absolute atomic E-state index is 0.00768. The first-order chi connectivity index (χ1) is 14.0. The maximum atomic E-state index is 13.0. The lowest BCUT2D eigenvalue weighted by molar-refractivity contribution is -0.137. The maximum absolute atomic E-state index is 13.0. The van der Waals surface area contributed by atoms with Crippen molar-refractivity contribution in [3.05, 3.63) is 59.7 Å². The van der Waals surface area contributed by atoms with Crippen molar-refractivity contribution in [2.45, 2.75) is 37.1 Å². The molecular weight excluding hydrogens is 421 g/mol. The minimum atomic E-state index is -4.68. The van der Waals surface area contributed by atoms with Gasteiger partial charge in [-0.05, 0) is 44.2 Å². The monoisotopic (exact) mass is 442 g/mol. The van der Waals surface area contributed by atoms with E-state index in [-0.39, 0.29) is 29.4 Å². The predicted octanol–water partition coefficient (Wildman–Crippen LogP) is 3.76. The number of nitrogens with one attached hydrogen (secondary N) is 1. The van der Waals surface area contributed by atoms with Gasteiger partial charge in [0.05, 0.1) is 33.9 Å². The second kappa shape index (κ2) is 8.27. The summed E-state index contributed by atoms with van der Waals surface area (Å²) in [7, 11) is -4.35. The quantitative estimate of drug-likeness (QED) is 0.783. The molecular formula is C20H21F3N2O4S. The van der Waals surface area contributed by atoms with Gasteiger partial charge in [0.1, 0.15) is 0 Å². The van der Waals surface area contributed by atoms with E-state index >= 15 is 0 Å². The second-order valence-corrected chi connectivity index (χ2v) is 8.83. The van der Waals surface area contributed by atoms with Crippen molar-refractivity contribution < 1.29 is 31.1 Å². The summed E-state index contributed by atoms with van der Waals surface area (Å²) in [6, 6.07) is 9.41. The van der Waals surface area contributed by atoms with Crippen molar-refractivity contribution in [3.8, 4) is 0 Å². The zero-order valence-electron chi connectivity index (χ0n) is 16.3. The third-order valence-corrected chi connectivity index (χ3v) is 5.94. The van der Waals surface area contributed by atoms with E-state index in [0.29, 0.717) is 19.2 Å². The van der Waals surface area contributed by atoms with E-state index in [2.05, 4.69) is 4.72 Å². The molecule has 0 aromatic heterocycles. The first-order valence-corrected chi connectivity index (χ1v) is 10.7. The van der Waals surface area contributed by atoms with Crippen LogP contribution in [0.4, 0.5) is 18.9 Å². The van der Waals surface area contributed by atoms with Crippen molar-refractivity contribution in [3.63, 3.8) is 0 Å². The minimum Gasteiger partial charge on any atom is -0.372 e. The number of para-hydroxylation sites is 1. The Balaban J connectivity index is 1.90. The Hall–Kier alpha value is -2.59. The van der Waals surface area contributed by atoms with Crippen LogP contribution < -0.4 is 4.72 Å². The summed E-state index contributed by atoms with van der Waals surface area (Å²) in [5, 5.41) is 0. The number of amides is 1. The number of anilines is 1. The lowest BCUT2D eigenvalue weighted by Gasteiger charge is -2.35. The highest BCUT2D eigenvalue weighted by Crippen LogP contribution is 2.31. The molecule has 2 atom stereocenters. The molecule has 6 nitrogen and oxygen atoms in total. The number of alkyl halides is 3. The van der Waals surface area contributed by atoms with E-state index < -0.39 is 26.7 Å². The van der Waals surface area contributed by atoms with Crippen molar-refractivity contribution in [1.82, 2.24) is 4.90 Å². The van der Waals surface area contributed by atoms with Crippen molar-refractivity contribution in [1.29, 1.82) is 0 Å². The van der Waals surface area contributed by atoms with Crippen LogP contribution >= 0.6 is 0 Å². The van der Waals surface area contributed by atoms with Crippen molar-refractivity contribution in [2.24, 2.45) is 0 Å². The van der Waals surface area contributed by atoms with Gasteiger partial charge in [0.15, 0.2) is 0 Å². The summed E-state index contributed by atoms with van der Waals surface area (Å²) in [4.78, 5) is 14.0. The highest BCUT2D eigenvalue weighted by Gasteiger charge is 2.32. The fraction of sp³-hybridized carbons (Fsp3) is 0.350. The average Bonchev–Trinajstić information content (AvgIpc) is 2.66. The zero-order valence-corrected chi connectivity index (χ0v) is 17.1. The molecule has 0 saturated carbocycles. The third-order valence-electron chi connectivity index (χ3n) is 4.58. The van der Waals surface area contributed by atoms with Gasteiger partial charge >= 0.3 is 6.18 Å². The van der Waals surface area contributed by atoms with E-state index in [9.17, 15) is 26.4 Å². The maximum Gasteiger partial charge on any atom is 0.416 e. The fourth-order valence-electron chi connectivity index (χ4n) is 3.32. The molecule has 2 aromatic carbocycles. The van der Waals surface area contributed by atoms with E-state index in [4.69, 9.17) is 4.74 Å². The Morgan fingerprint density at radius 1 is 1.07 bits per heavy atom. The first-order valence-electron chi connectivity index (χ1n) is 9.21. The summed E-state index contributed by atoms with van der Waals surface area (Å²) in [6.45, 7) is 4.35. The summed E-state index contributed by atoms with van der Waals surface area (Å²) >= 11 is 0. The number of hydrogen-bond acceptors (Lipinski definition) is 4. The van der Waals surface area contributed by atoms with E-state index in [1.54, 1.807) is 11.0 Å². The van der Waals surface area contributed by atoms with E-state index in [0.717, 1.165) is 18.2 Å². The van der Waals surface area contributed by atoms with Gasteiger partial charge in [-0.15, -0.1) is 0 Å². The molecule has 30 heavy (non-hydrogen) atoms. The Morgan fingerprint density at radius 2 is 1.70 bits per heavy atom. The molecule has 0 bridgehead atoms. The molecule has 10 heteroatoms. The number of benzene rings is 2. The van der Waals surface area contributed by atoms with Gasteiger partial charge in [0, 0.05) is 13.1 Å². The Morgan fingerprint density at radius 3 is 2.33 bits per heavy atom. The highest BCUT2D eigenvalue weighted by atomic mass is 32.2. The third kappa shape index (κ3) is 4.93. The fourth-order valence-corrected chi connectivity index (χ4v) is 4.44. The number of hydrogen-bond donors (Lipinski definition) is 1. The SMILES string of the molecule is C[C@@H]1CN(C(=O)c2ccccc2NS(=O)(=O)c2cccc(C(F)(F)F)c2)C[C@@H](C)O1. The van der Waals surface area contributed by atoms with Gasteiger partial charge in [0.25, 0.3) is 15.9 Å². The lowest BCUT2D eigenvalue weighted by Crippen LogP contribution is -2.48. The summed E-state index contributed by atoms with van der Waals surface area (Å²) < 4.78 is 72.1. The van der Waals surface area contributed by atoms with Crippen LogP contribution in [-0.4, -0.2) is 44.5 Å². The molecule has 162 valence electrons. The summed E-state index contributed by atoms with van der Waals surface area (Å²) in [5.41, 5.74) is -0.980. The Labute approximate surface area is 172 Å². The van der Waals surface area contributed by atoms with Crippen molar-refractivity contribution in [2.75, 3.05) is 17.8 Å². The molecule has 2 aromatic rings. The molecule has 0 unspecified atom stereocenters. The Kier molecular flexibility index (Phi) is 6.09. The van der Waals surface area contributed by atoms with E-state index in [1.165, 1.54) is 18.2 Å². The van der Waals surface area contributed by atoms with Gasteiger partial charge in [0.2, 0.25) is 0 Å². The molecule has 1 amide bonds. The predicted molar refractivity (Wildman–Crippen MR) is 105 cm³/mol. The molecule has 1 heterocycles. The molecule has 1 N–H and O–H groups in total. The number of rotatable bonds is 4. The smallest absolute Gasteiger partial charge is 0.372 e. The molecule has 1 aliphatic heterocycles. The summed E-state index contributed by atoms with van der Waals surface area (Å²) in [5.74, 6) is -0.389. The second-order valence-electron chi connectivity index (χ2n) is 7.14. The van der Waals surface area contributed by atoms with Crippen LogP contribution in [0.3, 0.4) is 0 Å². The molecule has 1 aliphatic rings.